The van der Waals surface area contributed by atoms with Gasteiger partial charge in [0, 0.05) is 26.2 Å². The van der Waals surface area contributed by atoms with Crippen LogP contribution in [0, 0.1) is 5.92 Å². The third-order valence-corrected chi connectivity index (χ3v) is 4.16. The lowest BCUT2D eigenvalue weighted by Crippen LogP contribution is -2.43. The Bertz CT molecular complexity index is 377. The Kier molecular flexibility index (Phi) is 5.37. The average molecular weight is 262 g/mol. The van der Waals surface area contributed by atoms with Crippen molar-refractivity contribution in [2.75, 3.05) is 20.2 Å². The van der Waals surface area contributed by atoms with Gasteiger partial charge in [0.2, 0.25) is 0 Å². The normalized spacial score (nSPS) is 24.6. The molecule has 106 valence electrons. The van der Waals surface area contributed by atoms with Gasteiger partial charge < -0.3 is 10.5 Å². The first kappa shape index (κ1) is 14.5. The molecule has 0 radical (unpaired) electrons. The molecule has 3 nitrogen and oxygen atoms in total. The largest absolute Gasteiger partial charge is 0.380 e. The van der Waals surface area contributed by atoms with Crippen LogP contribution in [-0.4, -0.2) is 31.1 Å². The van der Waals surface area contributed by atoms with Gasteiger partial charge in [-0.2, -0.15) is 0 Å². The van der Waals surface area contributed by atoms with Gasteiger partial charge in [-0.1, -0.05) is 24.3 Å². The van der Waals surface area contributed by atoms with E-state index in [1.807, 2.05) is 0 Å². The van der Waals surface area contributed by atoms with Crippen molar-refractivity contribution >= 4 is 0 Å². The molecule has 1 aromatic rings. The molecule has 2 rings (SSSR count). The summed E-state index contributed by atoms with van der Waals surface area (Å²) in [5.74, 6) is 0.670. The minimum atomic E-state index is 0.668. The van der Waals surface area contributed by atoms with E-state index in [9.17, 15) is 0 Å². The molecule has 3 heteroatoms. The highest BCUT2D eigenvalue weighted by Crippen LogP contribution is 2.23. The number of hydrogen-bond acceptors (Lipinski definition) is 3. The molecule has 1 aliphatic rings. The van der Waals surface area contributed by atoms with Gasteiger partial charge in [0.1, 0.15) is 0 Å². The molecule has 0 aromatic heterocycles. The minimum Gasteiger partial charge on any atom is -0.380 e. The molecule has 0 saturated carbocycles. The molecule has 1 aromatic carbocycles. The van der Waals surface area contributed by atoms with E-state index >= 15 is 0 Å². The van der Waals surface area contributed by atoms with E-state index in [2.05, 4.69) is 36.1 Å². The van der Waals surface area contributed by atoms with Gasteiger partial charge >= 0.3 is 0 Å². The Morgan fingerprint density at radius 2 is 1.89 bits per heavy atom. The van der Waals surface area contributed by atoms with Crippen LogP contribution in [0.2, 0.25) is 0 Å². The van der Waals surface area contributed by atoms with E-state index < -0.39 is 0 Å². The molecule has 0 aliphatic carbocycles. The molecule has 1 heterocycles. The van der Waals surface area contributed by atoms with Crippen molar-refractivity contribution in [1.29, 1.82) is 0 Å². The topological polar surface area (TPSA) is 38.5 Å². The molecule has 2 N–H and O–H groups in total. The zero-order valence-electron chi connectivity index (χ0n) is 12.1. The van der Waals surface area contributed by atoms with Crippen LogP contribution in [0.4, 0.5) is 0 Å². The Labute approximate surface area is 116 Å². The highest BCUT2D eigenvalue weighted by molar-refractivity contribution is 5.22. The lowest BCUT2D eigenvalue weighted by molar-refractivity contribution is 0.113. The maximum atomic E-state index is 5.82. The number of methoxy groups -OCH3 is 1. The van der Waals surface area contributed by atoms with Crippen molar-refractivity contribution in [2.45, 2.75) is 39.0 Å². The van der Waals surface area contributed by atoms with E-state index in [1.54, 1.807) is 7.11 Å². The SMILES string of the molecule is COCc1ccc(CN2CC(CN)CCC2C)cc1. The van der Waals surface area contributed by atoms with Crippen molar-refractivity contribution in [1.82, 2.24) is 4.90 Å². The van der Waals surface area contributed by atoms with Crippen LogP contribution in [0.1, 0.15) is 30.9 Å². The van der Waals surface area contributed by atoms with Gasteiger partial charge in [0.15, 0.2) is 0 Å². The number of benzene rings is 1. The number of likely N-dealkylation sites (tertiary alicyclic amines) is 1. The second-order valence-electron chi connectivity index (χ2n) is 5.71. The summed E-state index contributed by atoms with van der Waals surface area (Å²) in [7, 11) is 1.73. The molecule has 0 bridgehead atoms. The lowest BCUT2D eigenvalue weighted by Gasteiger charge is -2.37. The predicted octanol–water partition coefficient (Wildman–Crippen LogP) is 2.39. The Balaban J connectivity index is 1.95. The highest BCUT2D eigenvalue weighted by atomic mass is 16.5. The van der Waals surface area contributed by atoms with E-state index in [0.29, 0.717) is 18.6 Å². The van der Waals surface area contributed by atoms with Gasteiger partial charge in [-0.15, -0.1) is 0 Å². The van der Waals surface area contributed by atoms with Gasteiger partial charge in [-0.05, 0) is 43.4 Å². The zero-order chi connectivity index (χ0) is 13.7. The summed E-state index contributed by atoms with van der Waals surface area (Å²) in [4.78, 5) is 2.56. The summed E-state index contributed by atoms with van der Waals surface area (Å²) in [6, 6.07) is 9.42. The molecule has 0 amide bonds. The second-order valence-corrected chi connectivity index (χ2v) is 5.71. The fourth-order valence-electron chi connectivity index (χ4n) is 2.82. The van der Waals surface area contributed by atoms with Gasteiger partial charge in [-0.25, -0.2) is 0 Å². The van der Waals surface area contributed by atoms with E-state index in [4.69, 9.17) is 10.5 Å². The highest BCUT2D eigenvalue weighted by Gasteiger charge is 2.24. The van der Waals surface area contributed by atoms with E-state index in [1.165, 1.54) is 24.0 Å². The molecule has 1 fully saturated rings. The number of ether oxygens (including phenoxy) is 1. The van der Waals surface area contributed by atoms with Crippen molar-refractivity contribution in [3.05, 3.63) is 35.4 Å². The minimum absolute atomic E-state index is 0.668. The first-order valence-corrected chi connectivity index (χ1v) is 7.23. The van der Waals surface area contributed by atoms with Crippen LogP contribution in [0.5, 0.6) is 0 Å². The van der Waals surface area contributed by atoms with Crippen LogP contribution in [0.3, 0.4) is 0 Å². The first-order chi connectivity index (χ1) is 9.22. The molecule has 1 saturated heterocycles. The average Bonchev–Trinajstić information content (AvgIpc) is 2.44. The third kappa shape index (κ3) is 4.03. The summed E-state index contributed by atoms with van der Waals surface area (Å²) in [5, 5.41) is 0. The summed E-state index contributed by atoms with van der Waals surface area (Å²) >= 11 is 0. The number of rotatable bonds is 5. The number of nitrogens with two attached hydrogens (primary N) is 1. The molecular formula is C16H26N2O. The van der Waals surface area contributed by atoms with Crippen LogP contribution < -0.4 is 5.73 Å². The predicted molar refractivity (Wildman–Crippen MR) is 78.8 cm³/mol. The summed E-state index contributed by atoms with van der Waals surface area (Å²) in [5.41, 5.74) is 8.43. The smallest absolute Gasteiger partial charge is 0.0713 e. The number of nitrogens with zero attached hydrogens (tertiary/aromatic N) is 1. The van der Waals surface area contributed by atoms with Crippen molar-refractivity contribution < 1.29 is 4.74 Å². The fraction of sp³-hybridized carbons (Fsp3) is 0.625. The third-order valence-electron chi connectivity index (χ3n) is 4.16. The van der Waals surface area contributed by atoms with E-state index in [-0.39, 0.29) is 0 Å². The molecule has 0 spiro atoms. The first-order valence-electron chi connectivity index (χ1n) is 7.23. The quantitative estimate of drug-likeness (QED) is 0.885. The standard InChI is InChI=1S/C16H26N2O/c1-13-3-4-16(9-17)11-18(13)10-14-5-7-15(8-6-14)12-19-2/h5-8,13,16H,3-4,9-12,17H2,1-2H3. The summed E-state index contributed by atoms with van der Waals surface area (Å²) < 4.78 is 5.14. The molecule has 2 unspecified atom stereocenters. The number of hydrogen-bond donors (Lipinski definition) is 1. The zero-order valence-corrected chi connectivity index (χ0v) is 12.1. The lowest BCUT2D eigenvalue weighted by atomic mass is 9.93. The van der Waals surface area contributed by atoms with Gasteiger partial charge in [0.05, 0.1) is 6.61 Å². The molecule has 1 aliphatic heterocycles. The number of piperidine rings is 1. The van der Waals surface area contributed by atoms with Crippen molar-refractivity contribution in [2.24, 2.45) is 11.7 Å². The molecular weight excluding hydrogens is 236 g/mol. The summed E-state index contributed by atoms with van der Waals surface area (Å²) in [6.45, 7) is 6.00. The van der Waals surface area contributed by atoms with Crippen LogP contribution in [0.25, 0.3) is 0 Å². The maximum Gasteiger partial charge on any atom is 0.0713 e. The Morgan fingerprint density at radius 1 is 1.21 bits per heavy atom. The Morgan fingerprint density at radius 3 is 2.53 bits per heavy atom. The van der Waals surface area contributed by atoms with Crippen molar-refractivity contribution in [3.63, 3.8) is 0 Å². The van der Waals surface area contributed by atoms with Crippen molar-refractivity contribution in [3.8, 4) is 0 Å². The van der Waals surface area contributed by atoms with Gasteiger partial charge in [0.25, 0.3) is 0 Å². The molecule has 2 atom stereocenters. The van der Waals surface area contributed by atoms with Gasteiger partial charge in [-0.3, -0.25) is 4.90 Å². The maximum absolute atomic E-state index is 5.82. The summed E-state index contributed by atoms with van der Waals surface area (Å²) in [6.07, 6.45) is 2.55. The molecule has 19 heavy (non-hydrogen) atoms. The second kappa shape index (κ2) is 7.04. The van der Waals surface area contributed by atoms with E-state index in [0.717, 1.165) is 19.6 Å². The monoisotopic (exact) mass is 262 g/mol. The van der Waals surface area contributed by atoms with Crippen LogP contribution in [-0.2, 0) is 17.9 Å². The van der Waals surface area contributed by atoms with Crippen LogP contribution in [0.15, 0.2) is 24.3 Å². The fourth-order valence-corrected chi connectivity index (χ4v) is 2.82. The Hall–Kier alpha value is -0.900. The van der Waals surface area contributed by atoms with Crippen LogP contribution >= 0.6 is 0 Å².